The van der Waals surface area contributed by atoms with Crippen molar-refractivity contribution in [3.05, 3.63) is 48.0 Å². The van der Waals surface area contributed by atoms with Crippen molar-refractivity contribution in [1.82, 2.24) is 0 Å². The van der Waals surface area contributed by atoms with Crippen molar-refractivity contribution in [3.8, 4) is 0 Å². The van der Waals surface area contributed by atoms with Crippen LogP contribution in [0, 0.1) is 0 Å². The SMILES string of the molecule is CN1C(=O)c2ccccc2Sc2cc(NC(=O)C3CCCO3)ccc21. The molecule has 0 saturated carbocycles. The van der Waals surface area contributed by atoms with Gasteiger partial charge in [0, 0.05) is 29.1 Å². The topological polar surface area (TPSA) is 58.6 Å². The maximum atomic E-state index is 12.7. The summed E-state index contributed by atoms with van der Waals surface area (Å²) in [6, 6.07) is 13.2. The molecule has 25 heavy (non-hydrogen) atoms. The van der Waals surface area contributed by atoms with Crippen molar-refractivity contribution in [3.63, 3.8) is 0 Å². The lowest BCUT2D eigenvalue weighted by atomic mass is 10.2. The molecule has 4 rings (SSSR count). The van der Waals surface area contributed by atoms with Gasteiger partial charge in [-0.15, -0.1) is 0 Å². The molecule has 2 aliphatic heterocycles. The number of anilines is 2. The molecule has 1 atom stereocenters. The van der Waals surface area contributed by atoms with E-state index < -0.39 is 0 Å². The molecule has 0 spiro atoms. The van der Waals surface area contributed by atoms with Gasteiger partial charge in [0.25, 0.3) is 11.8 Å². The molecule has 2 aromatic rings. The summed E-state index contributed by atoms with van der Waals surface area (Å²) in [7, 11) is 1.77. The Morgan fingerprint density at radius 2 is 2.08 bits per heavy atom. The van der Waals surface area contributed by atoms with Crippen LogP contribution in [-0.4, -0.2) is 31.6 Å². The highest BCUT2D eigenvalue weighted by Gasteiger charge is 2.26. The molecule has 0 aliphatic carbocycles. The van der Waals surface area contributed by atoms with Crippen molar-refractivity contribution >= 4 is 35.0 Å². The second-order valence-corrected chi connectivity index (χ2v) is 7.22. The second kappa shape index (κ2) is 6.54. The quantitative estimate of drug-likeness (QED) is 0.896. The van der Waals surface area contributed by atoms with Crippen LogP contribution in [-0.2, 0) is 9.53 Å². The van der Waals surface area contributed by atoms with E-state index in [0.717, 1.165) is 28.3 Å². The minimum atomic E-state index is -0.364. The number of ether oxygens (including phenoxy) is 1. The molecule has 5 nitrogen and oxygen atoms in total. The third kappa shape index (κ3) is 3.03. The van der Waals surface area contributed by atoms with Gasteiger partial charge < -0.3 is 15.0 Å². The molecule has 0 bridgehead atoms. The number of amides is 2. The maximum absolute atomic E-state index is 12.7. The van der Waals surface area contributed by atoms with E-state index in [0.29, 0.717) is 17.9 Å². The number of fused-ring (bicyclic) bond motifs is 2. The maximum Gasteiger partial charge on any atom is 0.259 e. The number of carbonyl (C=O) groups excluding carboxylic acids is 2. The Morgan fingerprint density at radius 1 is 1.24 bits per heavy atom. The van der Waals surface area contributed by atoms with Gasteiger partial charge in [0.15, 0.2) is 0 Å². The summed E-state index contributed by atoms with van der Waals surface area (Å²) in [4.78, 5) is 28.4. The summed E-state index contributed by atoms with van der Waals surface area (Å²) in [5, 5.41) is 2.92. The Bertz CT molecular complexity index is 846. The van der Waals surface area contributed by atoms with E-state index >= 15 is 0 Å². The third-order valence-electron chi connectivity index (χ3n) is 4.45. The summed E-state index contributed by atoms with van der Waals surface area (Å²) in [5.41, 5.74) is 2.24. The van der Waals surface area contributed by atoms with Crippen LogP contribution >= 0.6 is 11.8 Å². The summed E-state index contributed by atoms with van der Waals surface area (Å²) in [6.45, 7) is 0.641. The normalized spacial score (nSPS) is 19.2. The highest BCUT2D eigenvalue weighted by Crippen LogP contribution is 2.42. The Balaban J connectivity index is 1.65. The molecule has 1 saturated heterocycles. The average Bonchev–Trinajstić information content (AvgIpc) is 3.13. The van der Waals surface area contributed by atoms with Crippen LogP contribution in [0.3, 0.4) is 0 Å². The van der Waals surface area contributed by atoms with E-state index in [4.69, 9.17) is 4.74 Å². The highest BCUT2D eigenvalue weighted by molar-refractivity contribution is 7.99. The van der Waals surface area contributed by atoms with E-state index in [2.05, 4.69) is 5.32 Å². The fraction of sp³-hybridized carbons (Fsp3) is 0.263. The van der Waals surface area contributed by atoms with Gasteiger partial charge >= 0.3 is 0 Å². The van der Waals surface area contributed by atoms with Crippen LogP contribution in [0.2, 0.25) is 0 Å². The molecule has 1 N–H and O–H groups in total. The van der Waals surface area contributed by atoms with Crippen molar-refractivity contribution in [2.75, 3.05) is 23.9 Å². The molecule has 128 valence electrons. The van der Waals surface area contributed by atoms with Crippen molar-refractivity contribution in [2.24, 2.45) is 0 Å². The van der Waals surface area contributed by atoms with Gasteiger partial charge in [-0.2, -0.15) is 0 Å². The predicted molar refractivity (Wildman–Crippen MR) is 97.3 cm³/mol. The minimum Gasteiger partial charge on any atom is -0.368 e. The number of hydrogen-bond acceptors (Lipinski definition) is 4. The monoisotopic (exact) mass is 354 g/mol. The van der Waals surface area contributed by atoms with Crippen LogP contribution < -0.4 is 10.2 Å². The van der Waals surface area contributed by atoms with Crippen LogP contribution in [0.15, 0.2) is 52.3 Å². The molecular weight excluding hydrogens is 336 g/mol. The fourth-order valence-electron chi connectivity index (χ4n) is 3.10. The van der Waals surface area contributed by atoms with Crippen molar-refractivity contribution in [1.29, 1.82) is 0 Å². The van der Waals surface area contributed by atoms with Gasteiger partial charge in [-0.05, 0) is 43.2 Å². The van der Waals surface area contributed by atoms with Crippen LogP contribution in [0.25, 0.3) is 0 Å². The number of carbonyl (C=O) groups is 2. The van der Waals surface area contributed by atoms with Crippen molar-refractivity contribution < 1.29 is 14.3 Å². The molecule has 2 aliphatic rings. The van der Waals surface area contributed by atoms with Gasteiger partial charge in [0.2, 0.25) is 0 Å². The lowest BCUT2D eigenvalue weighted by molar-refractivity contribution is -0.124. The van der Waals surface area contributed by atoms with Gasteiger partial charge in [-0.1, -0.05) is 23.9 Å². The minimum absolute atomic E-state index is 0.0296. The predicted octanol–water partition coefficient (Wildman–Crippen LogP) is 3.55. The van der Waals surface area contributed by atoms with Gasteiger partial charge in [0.05, 0.1) is 11.3 Å². The second-order valence-electron chi connectivity index (χ2n) is 6.14. The lowest BCUT2D eigenvalue weighted by Gasteiger charge is -2.18. The third-order valence-corrected chi connectivity index (χ3v) is 5.58. The number of rotatable bonds is 2. The molecule has 0 aromatic heterocycles. The van der Waals surface area contributed by atoms with E-state index in [9.17, 15) is 9.59 Å². The molecular formula is C19H18N2O3S. The Morgan fingerprint density at radius 3 is 2.88 bits per heavy atom. The summed E-state index contributed by atoms with van der Waals surface area (Å²) in [6.07, 6.45) is 1.31. The Kier molecular flexibility index (Phi) is 4.23. The van der Waals surface area contributed by atoms with Crippen LogP contribution in [0.1, 0.15) is 23.2 Å². The van der Waals surface area contributed by atoms with E-state index in [-0.39, 0.29) is 17.9 Å². The molecule has 0 radical (unpaired) electrons. The number of benzene rings is 2. The smallest absolute Gasteiger partial charge is 0.259 e. The highest BCUT2D eigenvalue weighted by atomic mass is 32.2. The first-order chi connectivity index (χ1) is 12.1. The van der Waals surface area contributed by atoms with E-state index in [1.165, 1.54) is 11.8 Å². The van der Waals surface area contributed by atoms with Crippen molar-refractivity contribution in [2.45, 2.75) is 28.7 Å². The zero-order chi connectivity index (χ0) is 17.4. The molecule has 2 heterocycles. The Labute approximate surface area is 150 Å². The number of nitrogens with one attached hydrogen (secondary N) is 1. The van der Waals surface area contributed by atoms with Gasteiger partial charge in [-0.3, -0.25) is 9.59 Å². The lowest BCUT2D eigenvalue weighted by Crippen LogP contribution is -2.27. The fourth-order valence-corrected chi connectivity index (χ4v) is 4.24. The van der Waals surface area contributed by atoms with E-state index in [1.807, 2.05) is 42.5 Å². The standard InChI is InChI=1S/C19H18N2O3S/c1-21-14-9-8-12(20-18(22)15-6-4-10-24-15)11-17(14)25-16-7-3-2-5-13(16)19(21)23/h2-3,5,7-9,11,15H,4,6,10H2,1H3,(H,20,22). The Hall–Kier alpha value is -2.31. The summed E-state index contributed by atoms with van der Waals surface area (Å²) < 4.78 is 5.43. The molecule has 6 heteroatoms. The number of nitrogens with zero attached hydrogens (tertiary/aromatic N) is 1. The first kappa shape index (κ1) is 16.2. The molecule has 1 fully saturated rings. The molecule has 1 unspecified atom stereocenters. The first-order valence-electron chi connectivity index (χ1n) is 8.25. The van der Waals surface area contributed by atoms with E-state index in [1.54, 1.807) is 11.9 Å². The van der Waals surface area contributed by atoms with Gasteiger partial charge in [0.1, 0.15) is 6.10 Å². The number of hydrogen-bond donors (Lipinski definition) is 1. The van der Waals surface area contributed by atoms with Crippen LogP contribution in [0.5, 0.6) is 0 Å². The summed E-state index contributed by atoms with van der Waals surface area (Å²) in [5.74, 6) is -0.140. The molecule has 2 amide bonds. The summed E-state index contributed by atoms with van der Waals surface area (Å²) >= 11 is 1.54. The largest absolute Gasteiger partial charge is 0.368 e. The average molecular weight is 354 g/mol. The zero-order valence-electron chi connectivity index (χ0n) is 13.8. The first-order valence-corrected chi connectivity index (χ1v) is 9.06. The van der Waals surface area contributed by atoms with Crippen LogP contribution in [0.4, 0.5) is 11.4 Å². The van der Waals surface area contributed by atoms with Gasteiger partial charge in [-0.25, -0.2) is 0 Å². The zero-order valence-corrected chi connectivity index (χ0v) is 14.6. The molecule has 2 aromatic carbocycles.